The summed E-state index contributed by atoms with van der Waals surface area (Å²) in [6.45, 7) is 2.97. The van der Waals surface area contributed by atoms with Gasteiger partial charge in [-0.2, -0.15) is 0 Å². The van der Waals surface area contributed by atoms with Crippen molar-refractivity contribution in [2.24, 2.45) is 0 Å². The SMILES string of the molecule is CCNC(c1ccc(F)c(Br)c1)C1CCc2cccnc21. The molecule has 1 aromatic carbocycles. The van der Waals surface area contributed by atoms with Crippen LogP contribution < -0.4 is 5.32 Å². The van der Waals surface area contributed by atoms with E-state index in [0.29, 0.717) is 10.4 Å². The Balaban J connectivity index is 1.97. The fourth-order valence-corrected chi connectivity index (χ4v) is 3.58. The predicted molar refractivity (Wildman–Crippen MR) is 85.8 cm³/mol. The Morgan fingerprint density at radius 3 is 3.05 bits per heavy atom. The maximum atomic E-state index is 13.5. The van der Waals surface area contributed by atoms with Crippen LogP contribution in [-0.4, -0.2) is 11.5 Å². The first-order chi connectivity index (χ1) is 10.2. The number of fused-ring (bicyclic) bond motifs is 1. The Labute approximate surface area is 132 Å². The van der Waals surface area contributed by atoms with E-state index in [0.717, 1.165) is 24.9 Å². The highest BCUT2D eigenvalue weighted by Crippen LogP contribution is 2.40. The van der Waals surface area contributed by atoms with Gasteiger partial charge in [0.25, 0.3) is 0 Å². The van der Waals surface area contributed by atoms with Crippen LogP contribution in [0.3, 0.4) is 0 Å². The lowest BCUT2D eigenvalue weighted by Crippen LogP contribution is -2.26. The molecule has 2 nitrogen and oxygen atoms in total. The quantitative estimate of drug-likeness (QED) is 0.887. The highest BCUT2D eigenvalue weighted by Gasteiger charge is 2.31. The smallest absolute Gasteiger partial charge is 0.137 e. The molecule has 2 unspecified atom stereocenters. The molecule has 1 aliphatic rings. The molecule has 4 heteroatoms. The van der Waals surface area contributed by atoms with Gasteiger partial charge in [-0.1, -0.05) is 19.1 Å². The van der Waals surface area contributed by atoms with E-state index in [1.807, 2.05) is 24.4 Å². The summed E-state index contributed by atoms with van der Waals surface area (Å²) in [5, 5.41) is 3.55. The first-order valence-electron chi connectivity index (χ1n) is 7.32. The number of nitrogens with one attached hydrogen (secondary N) is 1. The average Bonchev–Trinajstić information content (AvgIpc) is 2.92. The third-order valence-electron chi connectivity index (χ3n) is 4.13. The molecule has 0 saturated heterocycles. The van der Waals surface area contributed by atoms with E-state index in [1.54, 1.807) is 0 Å². The van der Waals surface area contributed by atoms with Crippen LogP contribution >= 0.6 is 15.9 Å². The molecule has 21 heavy (non-hydrogen) atoms. The highest BCUT2D eigenvalue weighted by molar-refractivity contribution is 9.10. The molecule has 1 heterocycles. The van der Waals surface area contributed by atoms with Crippen LogP contribution in [0.4, 0.5) is 4.39 Å². The molecule has 1 aromatic heterocycles. The first kappa shape index (κ1) is 14.7. The zero-order valence-electron chi connectivity index (χ0n) is 11.9. The van der Waals surface area contributed by atoms with Crippen molar-refractivity contribution < 1.29 is 4.39 Å². The molecule has 0 saturated carbocycles. The molecule has 0 amide bonds. The zero-order valence-corrected chi connectivity index (χ0v) is 13.5. The summed E-state index contributed by atoms with van der Waals surface area (Å²) in [6.07, 6.45) is 4.01. The zero-order chi connectivity index (χ0) is 14.8. The van der Waals surface area contributed by atoms with Gasteiger partial charge >= 0.3 is 0 Å². The van der Waals surface area contributed by atoms with Gasteiger partial charge < -0.3 is 5.32 Å². The van der Waals surface area contributed by atoms with Crippen molar-refractivity contribution in [2.75, 3.05) is 6.54 Å². The van der Waals surface area contributed by atoms with E-state index in [1.165, 1.54) is 17.3 Å². The number of hydrogen-bond acceptors (Lipinski definition) is 2. The molecule has 0 spiro atoms. The molecular weight excluding hydrogens is 331 g/mol. The van der Waals surface area contributed by atoms with Crippen molar-refractivity contribution in [3.05, 3.63) is 63.6 Å². The Morgan fingerprint density at radius 1 is 1.43 bits per heavy atom. The van der Waals surface area contributed by atoms with Gasteiger partial charge in [0.05, 0.1) is 4.47 Å². The Morgan fingerprint density at radius 2 is 2.29 bits per heavy atom. The second kappa shape index (κ2) is 6.24. The Hall–Kier alpha value is -1.26. The lowest BCUT2D eigenvalue weighted by atomic mass is 9.90. The van der Waals surface area contributed by atoms with Crippen molar-refractivity contribution in [2.45, 2.75) is 31.7 Å². The van der Waals surface area contributed by atoms with Gasteiger partial charge in [0.1, 0.15) is 5.82 Å². The molecule has 0 bridgehead atoms. The summed E-state index contributed by atoms with van der Waals surface area (Å²) in [5.41, 5.74) is 3.63. The van der Waals surface area contributed by atoms with Crippen molar-refractivity contribution in [1.29, 1.82) is 0 Å². The molecule has 3 rings (SSSR count). The maximum absolute atomic E-state index is 13.5. The van der Waals surface area contributed by atoms with Gasteiger partial charge in [-0.25, -0.2) is 4.39 Å². The Kier molecular flexibility index (Phi) is 4.36. The molecule has 0 aliphatic heterocycles. The molecular formula is C17H18BrFN2. The minimum atomic E-state index is -0.223. The summed E-state index contributed by atoms with van der Waals surface area (Å²) in [7, 11) is 0. The van der Waals surface area contributed by atoms with E-state index < -0.39 is 0 Å². The van der Waals surface area contributed by atoms with Gasteiger partial charge in [-0.15, -0.1) is 0 Å². The summed E-state index contributed by atoms with van der Waals surface area (Å²) in [5.74, 6) is 0.123. The number of pyridine rings is 1. The van der Waals surface area contributed by atoms with Crippen LogP contribution in [0, 0.1) is 5.82 Å². The largest absolute Gasteiger partial charge is 0.310 e. The monoisotopic (exact) mass is 348 g/mol. The van der Waals surface area contributed by atoms with Crippen molar-refractivity contribution in [3.63, 3.8) is 0 Å². The third-order valence-corrected chi connectivity index (χ3v) is 4.74. The summed E-state index contributed by atoms with van der Waals surface area (Å²) in [6, 6.07) is 9.60. The van der Waals surface area contributed by atoms with Gasteiger partial charge in [-0.3, -0.25) is 4.98 Å². The van der Waals surface area contributed by atoms with Crippen LogP contribution in [0.25, 0.3) is 0 Å². The molecule has 2 atom stereocenters. The fraction of sp³-hybridized carbons (Fsp3) is 0.353. The van der Waals surface area contributed by atoms with E-state index in [4.69, 9.17) is 0 Å². The molecule has 0 fully saturated rings. The van der Waals surface area contributed by atoms with Crippen LogP contribution in [0.1, 0.15) is 42.1 Å². The van der Waals surface area contributed by atoms with Crippen LogP contribution in [0.5, 0.6) is 0 Å². The lowest BCUT2D eigenvalue weighted by Gasteiger charge is -2.25. The molecule has 2 aromatic rings. The van der Waals surface area contributed by atoms with Crippen molar-refractivity contribution in [3.8, 4) is 0 Å². The van der Waals surface area contributed by atoms with Crippen molar-refractivity contribution >= 4 is 15.9 Å². The minimum Gasteiger partial charge on any atom is -0.310 e. The Bertz CT molecular complexity index is 644. The second-order valence-electron chi connectivity index (χ2n) is 5.40. The van der Waals surface area contributed by atoms with Crippen LogP contribution in [-0.2, 0) is 6.42 Å². The number of halogens is 2. The van der Waals surface area contributed by atoms with Crippen molar-refractivity contribution in [1.82, 2.24) is 10.3 Å². The predicted octanol–water partition coefficient (Wildman–Crippen LogP) is 4.36. The topological polar surface area (TPSA) is 24.9 Å². The van der Waals surface area contributed by atoms with Gasteiger partial charge in [0.2, 0.25) is 0 Å². The first-order valence-corrected chi connectivity index (χ1v) is 8.12. The number of nitrogens with zero attached hydrogens (tertiary/aromatic N) is 1. The van der Waals surface area contributed by atoms with Crippen LogP contribution in [0.15, 0.2) is 41.0 Å². The fourth-order valence-electron chi connectivity index (χ4n) is 3.19. The number of hydrogen-bond donors (Lipinski definition) is 1. The van der Waals surface area contributed by atoms with Gasteiger partial charge in [0, 0.05) is 23.9 Å². The number of rotatable bonds is 4. The standard InChI is InChI=1S/C17H18BrFN2/c1-2-20-17(12-6-8-15(19)14(18)10-12)13-7-5-11-4-3-9-21-16(11)13/h3-4,6,8-10,13,17,20H,2,5,7H2,1H3. The van der Waals surface area contributed by atoms with Gasteiger partial charge in [-0.05, 0) is 64.6 Å². The maximum Gasteiger partial charge on any atom is 0.137 e. The second-order valence-corrected chi connectivity index (χ2v) is 6.26. The lowest BCUT2D eigenvalue weighted by molar-refractivity contribution is 0.446. The number of likely N-dealkylation sites (N-methyl/N-ethyl adjacent to an activating group) is 1. The average molecular weight is 349 g/mol. The van der Waals surface area contributed by atoms with E-state index >= 15 is 0 Å². The minimum absolute atomic E-state index is 0.169. The van der Waals surface area contributed by atoms with E-state index in [-0.39, 0.29) is 11.9 Å². The number of aromatic nitrogens is 1. The summed E-state index contributed by atoms with van der Waals surface area (Å²) < 4.78 is 14.0. The molecule has 1 aliphatic carbocycles. The molecule has 110 valence electrons. The third kappa shape index (κ3) is 2.87. The van der Waals surface area contributed by atoms with E-state index in [2.05, 4.69) is 39.2 Å². The number of aryl methyl sites for hydroxylation is 1. The highest BCUT2D eigenvalue weighted by atomic mass is 79.9. The van der Waals surface area contributed by atoms with Crippen LogP contribution in [0.2, 0.25) is 0 Å². The molecule has 1 N–H and O–H groups in total. The number of benzene rings is 1. The van der Waals surface area contributed by atoms with Gasteiger partial charge in [0.15, 0.2) is 0 Å². The van der Waals surface area contributed by atoms with E-state index in [9.17, 15) is 4.39 Å². The normalized spacial score (nSPS) is 18.5. The molecule has 0 radical (unpaired) electrons. The summed E-state index contributed by atoms with van der Waals surface area (Å²) in [4.78, 5) is 4.58. The summed E-state index contributed by atoms with van der Waals surface area (Å²) >= 11 is 3.29.